The van der Waals surface area contributed by atoms with E-state index in [2.05, 4.69) is 92.6 Å². The quantitative estimate of drug-likeness (QED) is 0.168. The Bertz CT molecular complexity index is 2660. The van der Waals surface area contributed by atoms with Crippen molar-refractivity contribution in [1.29, 1.82) is 0 Å². The average molecular weight is 706 g/mol. The van der Waals surface area contributed by atoms with Gasteiger partial charge in [-0.3, -0.25) is 0 Å². The molecule has 6 aromatic rings. The molecule has 0 N–H and O–H groups in total. The number of nitrogens with zero attached hydrogens (tertiary/aromatic N) is 3. The van der Waals surface area contributed by atoms with Crippen LogP contribution >= 0.6 is 0 Å². The fourth-order valence-corrected chi connectivity index (χ4v) is 16.6. The van der Waals surface area contributed by atoms with Crippen LogP contribution in [0.4, 0.5) is 0 Å². The van der Waals surface area contributed by atoms with Crippen molar-refractivity contribution in [2.75, 3.05) is 0 Å². The van der Waals surface area contributed by atoms with Crippen molar-refractivity contribution < 1.29 is 18.6 Å². The minimum absolute atomic E-state index is 0.258. The molecule has 12 aliphatic rings. The molecule has 5 nitrogen and oxygen atoms in total. The molecule has 0 saturated heterocycles. The van der Waals surface area contributed by atoms with E-state index >= 15 is 0 Å². The molecular weight excluding hydrogens is 663 g/mol. The Balaban J connectivity index is 1.06. The van der Waals surface area contributed by atoms with Crippen LogP contribution < -0.4 is 18.6 Å². The maximum Gasteiger partial charge on any atom is 0.433 e. The number of pyridine rings is 2. The molecule has 264 valence electrons. The summed E-state index contributed by atoms with van der Waals surface area (Å²) >= 11 is 0. The zero-order valence-electron chi connectivity index (χ0n) is 30.6. The van der Waals surface area contributed by atoms with Crippen molar-refractivity contribution in [1.82, 2.24) is 4.57 Å². The highest BCUT2D eigenvalue weighted by molar-refractivity contribution is 6.12. The van der Waals surface area contributed by atoms with E-state index in [0.717, 1.165) is 58.8 Å². The molecule has 3 aromatic heterocycles. The summed E-state index contributed by atoms with van der Waals surface area (Å²) in [5, 5.41) is 2.58. The highest BCUT2D eigenvalue weighted by Crippen LogP contribution is 2.65. The lowest BCUT2D eigenvalue weighted by molar-refractivity contribution is -0.943. The summed E-state index contributed by atoms with van der Waals surface area (Å²) in [4.78, 5) is 0. The molecule has 1 atom stereocenters. The molecule has 8 fully saturated rings. The van der Waals surface area contributed by atoms with E-state index < -0.39 is 5.66 Å². The summed E-state index contributed by atoms with van der Waals surface area (Å²) in [6, 6.07) is 30.8. The molecule has 54 heavy (non-hydrogen) atoms. The summed E-state index contributed by atoms with van der Waals surface area (Å²) in [6.45, 7) is 0. The molecule has 7 heterocycles. The number of benzene rings is 3. The van der Waals surface area contributed by atoms with Crippen LogP contribution in [0, 0.1) is 35.5 Å². The SMILES string of the molecule is c1cc2c3c(c1)-n1c4ccccc4c4ccc5c(c41)C31[n+]3c(cc(C46CC7CC(CC(C7)C4)C6)cc3-c3cc(C46CC7CC(CC(C7)C4)C6)cc([n+]31)O5)O2. The van der Waals surface area contributed by atoms with Crippen LogP contribution in [0.2, 0.25) is 0 Å². The zero-order valence-corrected chi connectivity index (χ0v) is 30.6. The highest BCUT2D eigenvalue weighted by Gasteiger charge is 2.75. The van der Waals surface area contributed by atoms with Crippen LogP contribution in [0.5, 0.6) is 23.3 Å². The Labute approximate surface area is 314 Å². The Morgan fingerprint density at radius 2 is 1.06 bits per heavy atom. The van der Waals surface area contributed by atoms with E-state index in [4.69, 9.17) is 9.47 Å². The first-order valence-electron chi connectivity index (χ1n) is 21.3. The number of rotatable bonds is 2. The molecule has 8 saturated carbocycles. The summed E-state index contributed by atoms with van der Waals surface area (Å²) in [5.41, 5.74) is 11.8. The van der Waals surface area contributed by atoms with Crippen LogP contribution in [0.25, 0.3) is 38.9 Å². The fraction of sp³-hybridized carbons (Fsp3) is 0.429. The largest absolute Gasteiger partial charge is 0.433 e. The van der Waals surface area contributed by atoms with Crippen molar-refractivity contribution in [3.8, 4) is 40.3 Å². The molecule has 8 bridgehead atoms. The van der Waals surface area contributed by atoms with E-state index in [1.165, 1.54) is 138 Å². The Morgan fingerprint density at radius 1 is 0.519 bits per heavy atom. The molecule has 1 unspecified atom stereocenters. The van der Waals surface area contributed by atoms with E-state index in [1.54, 1.807) is 0 Å². The van der Waals surface area contributed by atoms with Gasteiger partial charge in [0, 0.05) is 22.9 Å². The molecule has 1 spiro atoms. The monoisotopic (exact) mass is 705 g/mol. The Kier molecular flexibility index (Phi) is 4.43. The molecule has 4 aliphatic heterocycles. The number of fused-ring (bicyclic) bond motifs is 5. The average Bonchev–Trinajstić information content (AvgIpc) is 3.66. The molecule has 3 aromatic carbocycles. The summed E-state index contributed by atoms with van der Waals surface area (Å²) in [5.74, 6) is 9.28. The number of aromatic nitrogens is 3. The van der Waals surface area contributed by atoms with Crippen LogP contribution in [0.3, 0.4) is 0 Å². The lowest BCUT2D eigenvalue weighted by Gasteiger charge is -2.57. The van der Waals surface area contributed by atoms with Crippen molar-refractivity contribution >= 4 is 21.8 Å². The maximum absolute atomic E-state index is 7.36. The lowest BCUT2D eigenvalue weighted by atomic mass is 9.48. The minimum Gasteiger partial charge on any atom is -0.404 e. The van der Waals surface area contributed by atoms with Gasteiger partial charge in [-0.15, -0.1) is 0 Å². The van der Waals surface area contributed by atoms with E-state index in [0.29, 0.717) is 0 Å². The van der Waals surface area contributed by atoms with Gasteiger partial charge in [-0.05, 0) is 165 Å². The van der Waals surface area contributed by atoms with Crippen LogP contribution in [0.15, 0.2) is 78.9 Å². The third-order valence-corrected chi connectivity index (χ3v) is 17.4. The van der Waals surface area contributed by atoms with Crippen LogP contribution in [-0.2, 0) is 16.5 Å². The van der Waals surface area contributed by atoms with Crippen LogP contribution in [-0.4, -0.2) is 4.57 Å². The molecule has 8 aliphatic carbocycles. The Hall–Kier alpha value is -4.64. The van der Waals surface area contributed by atoms with E-state index in [9.17, 15) is 0 Å². The van der Waals surface area contributed by atoms with Gasteiger partial charge >= 0.3 is 17.4 Å². The van der Waals surface area contributed by atoms with Crippen molar-refractivity contribution in [3.63, 3.8) is 0 Å². The summed E-state index contributed by atoms with van der Waals surface area (Å²) < 4.78 is 22.5. The number of ether oxygens (including phenoxy) is 2. The first kappa shape index (κ1) is 27.9. The van der Waals surface area contributed by atoms with Crippen LogP contribution in [0.1, 0.15) is 99.3 Å². The zero-order chi connectivity index (χ0) is 34.4. The van der Waals surface area contributed by atoms with Gasteiger partial charge in [-0.2, -0.15) is 0 Å². The Morgan fingerprint density at radius 3 is 1.63 bits per heavy atom. The van der Waals surface area contributed by atoms with Gasteiger partial charge < -0.3 is 14.0 Å². The normalized spacial score (nSPS) is 36.5. The summed E-state index contributed by atoms with van der Waals surface area (Å²) in [6.07, 6.45) is 16.8. The highest BCUT2D eigenvalue weighted by atomic mass is 16.5. The smallest absolute Gasteiger partial charge is 0.404 e. The minimum atomic E-state index is -0.642. The number of para-hydroxylation sites is 1. The second-order valence-corrected chi connectivity index (χ2v) is 20.2. The third-order valence-electron chi connectivity index (χ3n) is 17.4. The topological polar surface area (TPSA) is 31.1 Å². The van der Waals surface area contributed by atoms with Gasteiger partial charge in [0.1, 0.15) is 0 Å². The molecule has 0 radical (unpaired) electrons. The number of hydrogen-bond donors (Lipinski definition) is 0. The van der Waals surface area contributed by atoms with Gasteiger partial charge in [0.05, 0.1) is 28.9 Å². The number of hydrogen-bond acceptors (Lipinski definition) is 2. The molecule has 0 amide bonds. The van der Waals surface area contributed by atoms with Gasteiger partial charge in [-0.25, -0.2) is 0 Å². The predicted octanol–water partition coefficient (Wildman–Crippen LogP) is 10.1. The molecular formula is C49H43N3O2+2. The van der Waals surface area contributed by atoms with Gasteiger partial charge in [0.2, 0.25) is 0 Å². The van der Waals surface area contributed by atoms with E-state index in [-0.39, 0.29) is 10.8 Å². The fourth-order valence-electron chi connectivity index (χ4n) is 16.6. The first-order chi connectivity index (χ1) is 26.6. The standard InChI is InChI=1S/C49H43N3O2/c1-2-5-36-34(4-1)35-8-9-41-45-46(35)50(36)37-6-3-7-40-44(37)49(45)51-38(16-32(18-42(51)53-40)47-20-26-10-27(21-47)12-28(11-26)22-47)39-17-33(19-43(54-41)52(39)49)48-23-29-13-30(24-48)15-31(14-29)25-48/h1-9,16-19,26-31H,10-15,20-25H2/q+2. The van der Waals surface area contributed by atoms with Crippen molar-refractivity contribution in [2.45, 2.75) is 93.5 Å². The maximum atomic E-state index is 7.36. The predicted molar refractivity (Wildman–Crippen MR) is 204 cm³/mol. The molecule has 18 rings (SSSR count). The lowest BCUT2D eigenvalue weighted by Crippen LogP contribution is -2.74. The molecule has 5 heteroatoms. The third kappa shape index (κ3) is 2.90. The first-order valence-corrected chi connectivity index (χ1v) is 21.3. The van der Waals surface area contributed by atoms with Gasteiger partial charge in [0.25, 0.3) is 11.4 Å². The van der Waals surface area contributed by atoms with Crippen molar-refractivity contribution in [3.05, 3.63) is 101 Å². The summed E-state index contributed by atoms with van der Waals surface area (Å²) in [7, 11) is 0. The van der Waals surface area contributed by atoms with E-state index in [1.807, 2.05) is 0 Å². The second kappa shape index (κ2) is 8.59. The van der Waals surface area contributed by atoms with Gasteiger partial charge in [-0.1, -0.05) is 33.4 Å². The van der Waals surface area contributed by atoms with Gasteiger partial charge in [0.15, 0.2) is 22.6 Å². The second-order valence-electron chi connectivity index (χ2n) is 20.2. The van der Waals surface area contributed by atoms with Crippen molar-refractivity contribution in [2.24, 2.45) is 35.5 Å².